The van der Waals surface area contributed by atoms with Crippen molar-refractivity contribution in [3.05, 3.63) is 28.8 Å². The first-order chi connectivity index (χ1) is 9.86. The van der Waals surface area contributed by atoms with Gasteiger partial charge in [0.05, 0.1) is 16.3 Å². The predicted octanol–water partition coefficient (Wildman–Crippen LogP) is 5.27. The maximum Gasteiger partial charge on any atom is 0.416 e. The van der Waals surface area contributed by atoms with E-state index in [1.807, 2.05) is 0 Å². The molecule has 0 spiro atoms. The predicted molar refractivity (Wildman–Crippen MR) is 76.3 cm³/mol. The van der Waals surface area contributed by atoms with Crippen LogP contribution in [0.4, 0.5) is 18.9 Å². The van der Waals surface area contributed by atoms with Crippen LogP contribution in [-0.4, -0.2) is 5.91 Å². The molecule has 21 heavy (non-hydrogen) atoms. The Kier molecular flexibility index (Phi) is 5.14. The second-order valence-electron chi connectivity index (χ2n) is 5.45. The van der Waals surface area contributed by atoms with Crippen molar-refractivity contribution in [2.24, 2.45) is 5.92 Å². The number of rotatable bonds is 3. The van der Waals surface area contributed by atoms with Gasteiger partial charge in [0.15, 0.2) is 0 Å². The molecular formula is C15H17ClF3NO. The van der Waals surface area contributed by atoms with Gasteiger partial charge in [0, 0.05) is 6.42 Å². The van der Waals surface area contributed by atoms with E-state index in [1.165, 1.54) is 6.42 Å². The lowest BCUT2D eigenvalue weighted by molar-refractivity contribution is -0.137. The molecule has 1 fully saturated rings. The van der Waals surface area contributed by atoms with Gasteiger partial charge in [-0.1, -0.05) is 30.9 Å². The highest BCUT2D eigenvalue weighted by Gasteiger charge is 2.31. The van der Waals surface area contributed by atoms with E-state index in [9.17, 15) is 18.0 Å². The summed E-state index contributed by atoms with van der Waals surface area (Å²) in [6.07, 6.45) is 1.32. The number of benzene rings is 1. The summed E-state index contributed by atoms with van der Waals surface area (Å²) in [7, 11) is 0. The summed E-state index contributed by atoms with van der Waals surface area (Å²) in [5.41, 5.74) is -0.799. The molecule has 0 heterocycles. The summed E-state index contributed by atoms with van der Waals surface area (Å²) in [5.74, 6) is 0.0476. The van der Waals surface area contributed by atoms with Crippen molar-refractivity contribution in [1.82, 2.24) is 0 Å². The molecule has 116 valence electrons. The number of alkyl halides is 3. The summed E-state index contributed by atoms with van der Waals surface area (Å²) in [4.78, 5) is 11.9. The molecule has 2 nitrogen and oxygen atoms in total. The van der Waals surface area contributed by atoms with E-state index in [0.29, 0.717) is 12.3 Å². The van der Waals surface area contributed by atoms with Crippen LogP contribution < -0.4 is 5.32 Å². The van der Waals surface area contributed by atoms with E-state index < -0.39 is 11.7 Å². The summed E-state index contributed by atoms with van der Waals surface area (Å²) < 4.78 is 38.0. The van der Waals surface area contributed by atoms with E-state index in [-0.39, 0.29) is 16.6 Å². The Balaban J connectivity index is 2.02. The fraction of sp³-hybridized carbons (Fsp3) is 0.533. The molecule has 1 aromatic carbocycles. The Bertz CT molecular complexity index is 510. The number of hydrogen-bond donors (Lipinski definition) is 1. The van der Waals surface area contributed by atoms with Crippen molar-refractivity contribution in [2.45, 2.75) is 44.7 Å². The molecular weight excluding hydrogens is 303 g/mol. The molecule has 0 aromatic heterocycles. The Morgan fingerprint density at radius 1 is 1.24 bits per heavy atom. The summed E-state index contributed by atoms with van der Waals surface area (Å²) in [6.45, 7) is 0. The fourth-order valence-electron chi connectivity index (χ4n) is 2.65. The standard InChI is InChI=1S/C15H17ClF3NO/c16-12-7-6-11(15(17,18)19)9-13(12)20-14(21)8-10-4-2-1-3-5-10/h6-7,9-10H,1-5,8H2,(H,20,21). The molecule has 0 atom stereocenters. The van der Waals surface area contributed by atoms with E-state index in [1.54, 1.807) is 0 Å². The van der Waals surface area contributed by atoms with E-state index in [2.05, 4.69) is 5.32 Å². The molecule has 0 aliphatic heterocycles. The van der Waals surface area contributed by atoms with Crippen molar-refractivity contribution in [3.8, 4) is 0 Å². The van der Waals surface area contributed by atoms with E-state index in [4.69, 9.17) is 11.6 Å². The first kappa shape index (κ1) is 16.1. The van der Waals surface area contributed by atoms with Crippen molar-refractivity contribution in [3.63, 3.8) is 0 Å². The molecule has 1 amide bonds. The van der Waals surface area contributed by atoms with Crippen molar-refractivity contribution in [1.29, 1.82) is 0 Å². The maximum absolute atomic E-state index is 12.7. The van der Waals surface area contributed by atoms with Gasteiger partial charge < -0.3 is 5.32 Å². The zero-order valence-electron chi connectivity index (χ0n) is 11.5. The van der Waals surface area contributed by atoms with Gasteiger partial charge in [0.1, 0.15) is 0 Å². The molecule has 1 aromatic rings. The molecule has 0 unspecified atom stereocenters. The first-order valence-electron chi connectivity index (χ1n) is 7.03. The maximum atomic E-state index is 12.7. The number of nitrogens with one attached hydrogen (secondary N) is 1. The third-order valence-corrected chi connectivity index (χ3v) is 4.10. The van der Waals surface area contributed by atoms with Gasteiger partial charge in [-0.2, -0.15) is 13.2 Å². The van der Waals surface area contributed by atoms with Crippen LogP contribution in [0.5, 0.6) is 0 Å². The third kappa shape index (κ3) is 4.63. The molecule has 1 N–H and O–H groups in total. The summed E-state index contributed by atoms with van der Waals surface area (Å²) >= 11 is 5.85. The summed E-state index contributed by atoms with van der Waals surface area (Å²) in [5, 5.41) is 2.61. The molecule has 0 radical (unpaired) electrons. The van der Waals surface area contributed by atoms with Gasteiger partial charge in [-0.25, -0.2) is 0 Å². The average Bonchev–Trinajstić information content (AvgIpc) is 2.41. The Morgan fingerprint density at radius 2 is 1.90 bits per heavy atom. The van der Waals surface area contributed by atoms with Crippen LogP contribution in [0.25, 0.3) is 0 Å². The number of anilines is 1. The lowest BCUT2D eigenvalue weighted by Crippen LogP contribution is -2.19. The highest BCUT2D eigenvalue weighted by molar-refractivity contribution is 6.33. The molecule has 6 heteroatoms. The third-order valence-electron chi connectivity index (χ3n) is 3.77. The zero-order chi connectivity index (χ0) is 15.5. The summed E-state index contributed by atoms with van der Waals surface area (Å²) in [6, 6.07) is 2.93. The SMILES string of the molecule is O=C(CC1CCCCC1)Nc1cc(C(F)(F)F)ccc1Cl. The number of amides is 1. The van der Waals surface area contributed by atoms with Gasteiger partial charge in [-0.15, -0.1) is 0 Å². The minimum atomic E-state index is -4.45. The van der Waals surface area contributed by atoms with Gasteiger partial charge >= 0.3 is 6.18 Å². The van der Waals surface area contributed by atoms with Crippen molar-refractivity contribution in [2.75, 3.05) is 5.32 Å². The Labute approximate surface area is 126 Å². The van der Waals surface area contributed by atoms with Gasteiger partial charge in [-0.05, 0) is 37.0 Å². The van der Waals surface area contributed by atoms with Gasteiger partial charge in [0.25, 0.3) is 0 Å². The Hall–Kier alpha value is -1.23. The van der Waals surface area contributed by atoms with Crippen LogP contribution in [0.1, 0.15) is 44.1 Å². The van der Waals surface area contributed by atoms with Crippen LogP contribution in [0.15, 0.2) is 18.2 Å². The van der Waals surface area contributed by atoms with Crippen LogP contribution in [0.3, 0.4) is 0 Å². The van der Waals surface area contributed by atoms with Crippen LogP contribution in [0.2, 0.25) is 5.02 Å². The smallest absolute Gasteiger partial charge is 0.325 e. The molecule has 0 saturated heterocycles. The lowest BCUT2D eigenvalue weighted by Gasteiger charge is -2.21. The van der Waals surface area contributed by atoms with Crippen LogP contribution in [0, 0.1) is 5.92 Å². The van der Waals surface area contributed by atoms with Gasteiger partial charge in [0.2, 0.25) is 5.91 Å². The largest absolute Gasteiger partial charge is 0.416 e. The number of carbonyl (C=O) groups is 1. The van der Waals surface area contributed by atoms with Gasteiger partial charge in [-0.3, -0.25) is 4.79 Å². The molecule has 2 rings (SSSR count). The quantitative estimate of drug-likeness (QED) is 0.808. The van der Waals surface area contributed by atoms with E-state index >= 15 is 0 Å². The molecule has 0 bridgehead atoms. The van der Waals surface area contributed by atoms with Crippen molar-refractivity contribution >= 4 is 23.2 Å². The Morgan fingerprint density at radius 3 is 2.52 bits per heavy atom. The minimum Gasteiger partial charge on any atom is -0.325 e. The first-order valence-corrected chi connectivity index (χ1v) is 7.40. The second kappa shape index (κ2) is 6.69. The molecule has 1 saturated carbocycles. The van der Waals surface area contributed by atoms with Crippen molar-refractivity contribution < 1.29 is 18.0 Å². The minimum absolute atomic E-state index is 0.0206. The van der Waals surface area contributed by atoms with E-state index in [0.717, 1.165) is 43.9 Å². The highest BCUT2D eigenvalue weighted by atomic mass is 35.5. The second-order valence-corrected chi connectivity index (χ2v) is 5.86. The topological polar surface area (TPSA) is 29.1 Å². The molecule has 1 aliphatic carbocycles. The highest BCUT2D eigenvalue weighted by Crippen LogP contribution is 2.34. The average molecular weight is 320 g/mol. The fourth-order valence-corrected chi connectivity index (χ4v) is 2.82. The number of carbonyl (C=O) groups excluding carboxylic acids is 1. The van der Waals surface area contributed by atoms with Crippen LogP contribution >= 0.6 is 11.6 Å². The molecule has 1 aliphatic rings. The number of halogens is 4. The monoisotopic (exact) mass is 319 g/mol. The van der Waals surface area contributed by atoms with Crippen LogP contribution in [-0.2, 0) is 11.0 Å². The normalized spacial score (nSPS) is 16.8. The zero-order valence-corrected chi connectivity index (χ0v) is 12.2. The lowest BCUT2D eigenvalue weighted by atomic mass is 9.87. The number of hydrogen-bond acceptors (Lipinski definition) is 1.